The van der Waals surface area contributed by atoms with Gasteiger partial charge in [-0.25, -0.2) is 12.8 Å². The number of hydrogen-bond acceptors (Lipinski definition) is 5. The van der Waals surface area contributed by atoms with E-state index in [1.54, 1.807) is 17.0 Å². The van der Waals surface area contributed by atoms with E-state index < -0.39 is 20.8 Å². The van der Waals surface area contributed by atoms with Crippen LogP contribution in [-0.2, 0) is 10.0 Å². The van der Waals surface area contributed by atoms with Gasteiger partial charge in [-0.2, -0.15) is 4.31 Å². The fourth-order valence-corrected chi connectivity index (χ4v) is 4.53. The molecule has 0 saturated carbocycles. The van der Waals surface area contributed by atoms with Crippen LogP contribution in [0.3, 0.4) is 0 Å². The number of anilines is 1. The van der Waals surface area contributed by atoms with Crippen LogP contribution in [-0.4, -0.2) is 43.8 Å². The van der Waals surface area contributed by atoms with Gasteiger partial charge in [0.1, 0.15) is 16.4 Å². The smallest absolute Gasteiger partial charge is 0.294 e. The normalized spacial score (nSPS) is 15.8. The van der Waals surface area contributed by atoms with Crippen LogP contribution in [0, 0.1) is 15.9 Å². The molecule has 1 saturated heterocycles. The molecule has 0 atom stereocenters. The number of benzene rings is 2. The Morgan fingerprint density at radius 2 is 1.73 bits per heavy atom. The summed E-state index contributed by atoms with van der Waals surface area (Å²) in [5.74, 6) is -0.803. The van der Waals surface area contributed by atoms with Crippen LogP contribution < -0.4 is 4.90 Å². The number of nitrogens with zero attached hydrogens (tertiary/aromatic N) is 3. The molecule has 7 nitrogen and oxygen atoms in total. The molecule has 0 bridgehead atoms. The Kier molecular flexibility index (Phi) is 5.12. The number of rotatable bonds is 4. The number of sulfonamides is 1. The Hall–Kier alpha value is -2.23. The zero-order valence-electron chi connectivity index (χ0n) is 13.5. The molecule has 0 unspecified atom stereocenters. The average Bonchev–Trinajstić information content (AvgIpc) is 2.62. The highest BCUT2D eigenvalue weighted by Gasteiger charge is 2.32. The van der Waals surface area contributed by atoms with Crippen molar-refractivity contribution in [2.75, 3.05) is 31.1 Å². The van der Waals surface area contributed by atoms with Crippen LogP contribution in [0.2, 0.25) is 5.02 Å². The van der Waals surface area contributed by atoms with Gasteiger partial charge in [-0.05, 0) is 24.3 Å². The molecule has 1 heterocycles. The fraction of sp³-hybridized carbons (Fsp3) is 0.250. The van der Waals surface area contributed by atoms with E-state index in [0.29, 0.717) is 5.69 Å². The number of halogens is 2. The third kappa shape index (κ3) is 3.50. The molecule has 0 N–H and O–H groups in total. The maximum absolute atomic E-state index is 13.9. The van der Waals surface area contributed by atoms with Crippen LogP contribution >= 0.6 is 11.6 Å². The Labute approximate surface area is 154 Å². The molecule has 0 radical (unpaired) electrons. The SMILES string of the molecule is O=[N+]([O-])c1cc(Cl)ccc1N1CCN(S(=O)(=O)c2ccccc2F)CC1. The summed E-state index contributed by atoms with van der Waals surface area (Å²) in [7, 11) is -3.95. The Morgan fingerprint density at radius 1 is 1.08 bits per heavy atom. The number of piperazine rings is 1. The summed E-state index contributed by atoms with van der Waals surface area (Å²) >= 11 is 5.82. The van der Waals surface area contributed by atoms with Gasteiger partial charge >= 0.3 is 0 Å². The van der Waals surface area contributed by atoms with E-state index in [9.17, 15) is 22.9 Å². The monoisotopic (exact) mass is 399 g/mol. The van der Waals surface area contributed by atoms with E-state index in [1.165, 1.54) is 28.6 Å². The van der Waals surface area contributed by atoms with E-state index in [-0.39, 0.29) is 41.8 Å². The number of nitro benzene ring substituents is 1. The lowest BCUT2D eigenvalue weighted by molar-refractivity contribution is -0.384. The van der Waals surface area contributed by atoms with Crippen molar-refractivity contribution in [2.24, 2.45) is 0 Å². The fourth-order valence-electron chi connectivity index (χ4n) is 2.87. The van der Waals surface area contributed by atoms with E-state index in [4.69, 9.17) is 11.6 Å². The quantitative estimate of drug-likeness (QED) is 0.583. The van der Waals surface area contributed by atoms with E-state index in [2.05, 4.69) is 0 Å². The first kappa shape index (κ1) is 18.6. The predicted molar refractivity (Wildman–Crippen MR) is 95.5 cm³/mol. The number of nitro groups is 1. The third-order valence-electron chi connectivity index (χ3n) is 4.17. The molecule has 3 rings (SSSR count). The Bertz CT molecular complexity index is 946. The van der Waals surface area contributed by atoms with Gasteiger partial charge in [-0.1, -0.05) is 23.7 Å². The highest BCUT2D eigenvalue weighted by atomic mass is 35.5. The first-order valence-corrected chi connectivity index (χ1v) is 9.56. The molecule has 0 aliphatic carbocycles. The van der Waals surface area contributed by atoms with E-state index in [1.807, 2.05) is 0 Å². The van der Waals surface area contributed by atoms with Crippen molar-refractivity contribution in [2.45, 2.75) is 4.90 Å². The zero-order valence-corrected chi connectivity index (χ0v) is 15.1. The maximum Gasteiger partial charge on any atom is 0.294 e. The minimum Gasteiger partial charge on any atom is -0.363 e. The van der Waals surface area contributed by atoms with Crippen molar-refractivity contribution < 1.29 is 17.7 Å². The third-order valence-corrected chi connectivity index (χ3v) is 6.33. The van der Waals surface area contributed by atoms with Crippen LogP contribution in [0.5, 0.6) is 0 Å². The van der Waals surface area contributed by atoms with E-state index in [0.717, 1.165) is 6.07 Å². The lowest BCUT2D eigenvalue weighted by Gasteiger charge is -2.35. The highest BCUT2D eigenvalue weighted by Crippen LogP contribution is 2.32. The molecule has 26 heavy (non-hydrogen) atoms. The summed E-state index contributed by atoms with van der Waals surface area (Å²) in [6, 6.07) is 9.56. The summed E-state index contributed by atoms with van der Waals surface area (Å²) in [5.41, 5.74) is 0.241. The lowest BCUT2D eigenvalue weighted by Crippen LogP contribution is -2.49. The van der Waals surface area contributed by atoms with Crippen molar-refractivity contribution in [1.29, 1.82) is 0 Å². The van der Waals surface area contributed by atoms with Crippen molar-refractivity contribution in [3.63, 3.8) is 0 Å². The summed E-state index contributed by atoms with van der Waals surface area (Å²) in [6.07, 6.45) is 0. The average molecular weight is 400 g/mol. The summed E-state index contributed by atoms with van der Waals surface area (Å²) in [6.45, 7) is 0.680. The molecule has 138 valence electrons. The molecular weight excluding hydrogens is 385 g/mol. The zero-order chi connectivity index (χ0) is 18.9. The second-order valence-electron chi connectivity index (χ2n) is 5.71. The van der Waals surface area contributed by atoms with Crippen LogP contribution in [0.15, 0.2) is 47.4 Å². The van der Waals surface area contributed by atoms with Gasteiger partial charge in [0.15, 0.2) is 0 Å². The van der Waals surface area contributed by atoms with Gasteiger partial charge in [-0.3, -0.25) is 10.1 Å². The van der Waals surface area contributed by atoms with Crippen LogP contribution in [0.25, 0.3) is 0 Å². The van der Waals surface area contributed by atoms with Crippen molar-refractivity contribution in [3.05, 3.63) is 63.4 Å². The molecule has 1 fully saturated rings. The largest absolute Gasteiger partial charge is 0.363 e. The van der Waals surface area contributed by atoms with Crippen LogP contribution in [0.1, 0.15) is 0 Å². The lowest BCUT2D eigenvalue weighted by atomic mass is 10.2. The van der Waals surface area contributed by atoms with Crippen molar-refractivity contribution >= 4 is 33.0 Å². The minimum absolute atomic E-state index is 0.0937. The first-order valence-electron chi connectivity index (χ1n) is 7.74. The second kappa shape index (κ2) is 7.18. The molecule has 2 aromatic rings. The predicted octanol–water partition coefficient (Wildman–Crippen LogP) is 2.90. The van der Waals surface area contributed by atoms with Crippen molar-refractivity contribution in [3.8, 4) is 0 Å². The molecule has 0 spiro atoms. The molecular formula is C16H15ClFN3O4S. The summed E-state index contributed by atoms with van der Waals surface area (Å²) in [4.78, 5) is 12.1. The molecule has 1 aliphatic heterocycles. The first-order chi connectivity index (χ1) is 12.3. The van der Waals surface area contributed by atoms with Gasteiger partial charge in [0.05, 0.1) is 4.92 Å². The standard InChI is InChI=1S/C16H15ClFN3O4S/c17-12-5-6-14(15(11-12)21(22)23)19-7-9-20(10-8-19)26(24,25)16-4-2-1-3-13(16)18/h1-6,11H,7-10H2. The molecule has 0 amide bonds. The Balaban J connectivity index is 1.80. The second-order valence-corrected chi connectivity index (χ2v) is 8.05. The maximum atomic E-state index is 13.9. The molecule has 1 aliphatic rings. The van der Waals surface area contributed by atoms with Crippen molar-refractivity contribution in [1.82, 2.24) is 4.31 Å². The van der Waals surface area contributed by atoms with Gasteiger partial charge in [-0.15, -0.1) is 0 Å². The highest BCUT2D eigenvalue weighted by molar-refractivity contribution is 7.89. The molecule has 0 aromatic heterocycles. The van der Waals surface area contributed by atoms with Gasteiger partial charge in [0.2, 0.25) is 10.0 Å². The van der Waals surface area contributed by atoms with Gasteiger partial charge in [0.25, 0.3) is 5.69 Å². The van der Waals surface area contributed by atoms with Crippen LogP contribution in [0.4, 0.5) is 15.8 Å². The Morgan fingerprint density at radius 3 is 2.35 bits per heavy atom. The molecule has 2 aromatic carbocycles. The number of hydrogen-bond donors (Lipinski definition) is 0. The topological polar surface area (TPSA) is 83.8 Å². The van der Waals surface area contributed by atoms with Gasteiger partial charge in [0, 0.05) is 37.3 Å². The molecule has 10 heteroatoms. The minimum atomic E-state index is -3.95. The van der Waals surface area contributed by atoms with Gasteiger partial charge < -0.3 is 4.90 Å². The van der Waals surface area contributed by atoms with E-state index >= 15 is 0 Å². The summed E-state index contributed by atoms with van der Waals surface area (Å²) < 4.78 is 40.3. The summed E-state index contributed by atoms with van der Waals surface area (Å²) in [5, 5.41) is 11.5.